The SMILES string of the molecule is [Ca].[Ca].[Mg+2].[O-2].[O-2].[O-2].[O-2].[O-2].[O-2].[O-2].[Si].[Si]. The maximum absolute atomic E-state index is 0. The minimum Gasteiger partial charge on any atom is -2.00 e. The Morgan fingerprint density at radius 1 is 0.333 bits per heavy atom. The van der Waals surface area contributed by atoms with Gasteiger partial charge in [0, 0.05) is 97.4 Å². The van der Waals surface area contributed by atoms with E-state index in [1.165, 1.54) is 0 Å². The Labute approximate surface area is 156 Å². The van der Waals surface area contributed by atoms with Crippen LogP contribution in [0, 0.1) is 0 Å². The van der Waals surface area contributed by atoms with E-state index in [1.54, 1.807) is 0 Å². The average molecular weight is 273 g/mol. The molecular formula is Ca2MgO7Si2-12. The summed E-state index contributed by atoms with van der Waals surface area (Å²) in [5.41, 5.74) is 0. The average Bonchev–Trinajstić information content (AvgIpc) is 0. The van der Waals surface area contributed by atoms with Crippen LogP contribution in [0.5, 0.6) is 0 Å². The molecule has 0 aromatic rings. The molecule has 12 radical (unpaired) electrons. The Morgan fingerprint density at radius 3 is 0.333 bits per heavy atom. The fraction of sp³-hybridized carbons (Fsp3) is 0. The molecule has 0 rings (SSSR count). The van der Waals surface area contributed by atoms with E-state index in [2.05, 4.69) is 0 Å². The van der Waals surface area contributed by atoms with Crippen LogP contribution in [0.4, 0.5) is 0 Å². The van der Waals surface area contributed by atoms with Crippen molar-refractivity contribution < 1.29 is 38.3 Å². The summed E-state index contributed by atoms with van der Waals surface area (Å²) < 4.78 is 0. The van der Waals surface area contributed by atoms with Crippen LogP contribution in [0.25, 0.3) is 0 Å². The molecule has 0 saturated heterocycles. The van der Waals surface area contributed by atoms with Gasteiger partial charge in [-0.15, -0.1) is 0 Å². The van der Waals surface area contributed by atoms with Gasteiger partial charge in [0.25, 0.3) is 0 Å². The minimum absolute atomic E-state index is 0. The summed E-state index contributed by atoms with van der Waals surface area (Å²) in [5.74, 6) is 0. The smallest absolute Gasteiger partial charge is 2.00 e. The topological polar surface area (TPSA) is 200 Å². The third-order valence-electron chi connectivity index (χ3n) is 0. The summed E-state index contributed by atoms with van der Waals surface area (Å²) in [6, 6.07) is 0. The molecule has 0 bridgehead atoms. The molecule has 0 aromatic heterocycles. The summed E-state index contributed by atoms with van der Waals surface area (Å²) in [7, 11) is 0. The van der Waals surface area contributed by atoms with Gasteiger partial charge in [0.05, 0.1) is 0 Å². The van der Waals surface area contributed by atoms with Gasteiger partial charge in [-0.05, 0) is 0 Å². The molecule has 0 aliphatic heterocycles. The molecule has 0 N–H and O–H groups in total. The molecule has 68 valence electrons. The third-order valence-corrected chi connectivity index (χ3v) is 0. The van der Waals surface area contributed by atoms with Crippen molar-refractivity contribution in [2.45, 2.75) is 0 Å². The van der Waals surface area contributed by atoms with E-state index < -0.39 is 0 Å². The quantitative estimate of drug-likeness (QED) is 0.412. The van der Waals surface area contributed by atoms with Crippen LogP contribution in [0.2, 0.25) is 0 Å². The monoisotopic (exact) mass is 272 g/mol. The molecular weight excluding hydrogens is 273 g/mol. The van der Waals surface area contributed by atoms with E-state index in [0.717, 1.165) is 0 Å². The van der Waals surface area contributed by atoms with Crippen LogP contribution in [-0.4, -0.2) is 120 Å². The van der Waals surface area contributed by atoms with Crippen LogP contribution >= 0.6 is 0 Å². The number of hydrogen-bond acceptors (Lipinski definition) is 0. The maximum Gasteiger partial charge on any atom is 2.00 e. The molecule has 12 heteroatoms. The van der Waals surface area contributed by atoms with Gasteiger partial charge >= 0.3 is 23.1 Å². The first-order valence-electron chi connectivity index (χ1n) is 0. The molecule has 0 aliphatic rings. The first kappa shape index (κ1) is 272. The first-order chi connectivity index (χ1) is 0. The molecule has 0 aromatic carbocycles. The van der Waals surface area contributed by atoms with Gasteiger partial charge in [-0.2, -0.15) is 0 Å². The second-order valence-electron chi connectivity index (χ2n) is 0. The minimum atomic E-state index is 0. The molecule has 0 saturated carbocycles. The number of rotatable bonds is 0. The van der Waals surface area contributed by atoms with Crippen LogP contribution in [0.15, 0.2) is 0 Å². The van der Waals surface area contributed by atoms with Crippen LogP contribution in [-0.2, 0) is 38.3 Å². The predicted octanol–water partition coefficient (Wildman–Crippen LogP) is -2.74. The summed E-state index contributed by atoms with van der Waals surface area (Å²) in [5, 5.41) is 0. The van der Waals surface area contributed by atoms with Gasteiger partial charge in [0.1, 0.15) is 0 Å². The van der Waals surface area contributed by atoms with E-state index in [-0.39, 0.29) is 159 Å². The van der Waals surface area contributed by atoms with Crippen molar-refractivity contribution in [1.29, 1.82) is 0 Å². The molecule has 12 heavy (non-hydrogen) atoms. The van der Waals surface area contributed by atoms with Crippen LogP contribution in [0.3, 0.4) is 0 Å². The predicted molar refractivity (Wildman–Crippen MR) is 33.6 cm³/mol. The van der Waals surface area contributed by atoms with Gasteiger partial charge < -0.3 is 38.3 Å². The van der Waals surface area contributed by atoms with E-state index in [9.17, 15) is 0 Å². The van der Waals surface area contributed by atoms with E-state index in [0.29, 0.717) is 0 Å². The van der Waals surface area contributed by atoms with Crippen molar-refractivity contribution >= 4 is 120 Å². The van der Waals surface area contributed by atoms with Crippen molar-refractivity contribution in [1.82, 2.24) is 0 Å². The van der Waals surface area contributed by atoms with E-state index >= 15 is 0 Å². The van der Waals surface area contributed by atoms with Gasteiger partial charge in [0.2, 0.25) is 0 Å². The van der Waals surface area contributed by atoms with Crippen molar-refractivity contribution in [2.24, 2.45) is 0 Å². The standard InChI is InChI=1S/2Ca.Mg.7O.2Si/q;;+2;7*-2;;. The van der Waals surface area contributed by atoms with Crippen molar-refractivity contribution in [3.63, 3.8) is 0 Å². The fourth-order valence-electron chi connectivity index (χ4n) is 0. The maximum atomic E-state index is 0. The van der Waals surface area contributed by atoms with Gasteiger partial charge in [0.15, 0.2) is 0 Å². The second-order valence-corrected chi connectivity index (χ2v) is 0. The Bertz CT molecular complexity index is 19.4. The van der Waals surface area contributed by atoms with Crippen molar-refractivity contribution in [3.8, 4) is 0 Å². The summed E-state index contributed by atoms with van der Waals surface area (Å²) in [6.07, 6.45) is 0. The first-order valence-corrected chi connectivity index (χ1v) is 0. The Balaban J connectivity index is 0. The Morgan fingerprint density at radius 2 is 0.333 bits per heavy atom. The summed E-state index contributed by atoms with van der Waals surface area (Å²) in [6.45, 7) is 0. The summed E-state index contributed by atoms with van der Waals surface area (Å²) in [4.78, 5) is 0. The van der Waals surface area contributed by atoms with E-state index in [1.807, 2.05) is 0 Å². The van der Waals surface area contributed by atoms with E-state index in [4.69, 9.17) is 0 Å². The van der Waals surface area contributed by atoms with Gasteiger partial charge in [-0.3, -0.25) is 0 Å². The summed E-state index contributed by atoms with van der Waals surface area (Å²) >= 11 is 0. The van der Waals surface area contributed by atoms with Crippen LogP contribution in [0.1, 0.15) is 0 Å². The second kappa shape index (κ2) is 220. The molecule has 0 atom stereocenters. The largest absolute Gasteiger partial charge is 2.00 e. The molecule has 0 heterocycles. The zero-order valence-corrected chi connectivity index (χ0v) is 13.8. The molecule has 0 unspecified atom stereocenters. The van der Waals surface area contributed by atoms with Crippen LogP contribution < -0.4 is 0 Å². The van der Waals surface area contributed by atoms with Crippen molar-refractivity contribution in [3.05, 3.63) is 0 Å². The normalized spacial score (nSPS) is 0. The Kier molecular flexibility index (Phi) is 5000. The number of hydrogen-bond donors (Lipinski definition) is 0. The van der Waals surface area contributed by atoms with Crippen molar-refractivity contribution in [2.75, 3.05) is 0 Å². The molecule has 0 fully saturated rings. The fourth-order valence-corrected chi connectivity index (χ4v) is 0. The zero-order valence-electron chi connectivity index (χ0n) is 5.98. The molecule has 0 amide bonds. The molecule has 7 nitrogen and oxygen atoms in total. The van der Waals surface area contributed by atoms with Gasteiger partial charge in [-0.1, -0.05) is 0 Å². The molecule has 0 spiro atoms. The third kappa shape index (κ3) is 176. The molecule has 0 aliphatic carbocycles. The zero-order chi connectivity index (χ0) is 0. The Hall–Kier alpha value is 3.44. The van der Waals surface area contributed by atoms with Gasteiger partial charge in [-0.25, -0.2) is 0 Å².